The summed E-state index contributed by atoms with van der Waals surface area (Å²) < 4.78 is 0. The fraction of sp³-hybridized carbons (Fsp3) is 0.625. The maximum atomic E-state index is 3.63. The van der Waals surface area contributed by atoms with E-state index in [4.69, 9.17) is 0 Å². The molecule has 0 aliphatic carbocycles. The molecule has 1 aromatic carbocycles. The molecule has 0 saturated carbocycles. The van der Waals surface area contributed by atoms with Gasteiger partial charge in [-0.05, 0) is 53.9 Å². The van der Waals surface area contributed by atoms with E-state index in [1.165, 1.54) is 16.7 Å². The first-order chi connectivity index (χ1) is 8.28. The van der Waals surface area contributed by atoms with Crippen LogP contribution in [0.15, 0.2) is 18.2 Å². The third-order valence-electron chi connectivity index (χ3n) is 3.84. The predicted molar refractivity (Wildman–Crippen MR) is 80.1 cm³/mol. The van der Waals surface area contributed by atoms with Crippen LogP contribution in [-0.4, -0.2) is 31.1 Å². The second-order valence-electron chi connectivity index (χ2n) is 5.96. The Balaban J connectivity index is 3.19. The fourth-order valence-electron chi connectivity index (χ4n) is 2.41. The lowest BCUT2D eigenvalue weighted by molar-refractivity contribution is 0.139. The summed E-state index contributed by atoms with van der Waals surface area (Å²) in [5.41, 5.74) is 4.13. The summed E-state index contributed by atoms with van der Waals surface area (Å²) in [6.45, 7) is 12.1. The molecular weight excluding hydrogens is 220 g/mol. The Hall–Kier alpha value is -0.860. The first-order valence-electron chi connectivity index (χ1n) is 6.78. The molecule has 0 aromatic heterocycles. The third-order valence-corrected chi connectivity index (χ3v) is 3.84. The first-order valence-corrected chi connectivity index (χ1v) is 6.78. The summed E-state index contributed by atoms with van der Waals surface area (Å²) in [5.74, 6) is 0. The zero-order chi connectivity index (χ0) is 13.9. The van der Waals surface area contributed by atoms with Crippen LogP contribution in [0.3, 0.4) is 0 Å². The van der Waals surface area contributed by atoms with Crippen LogP contribution in [-0.2, 0) is 0 Å². The van der Waals surface area contributed by atoms with Gasteiger partial charge >= 0.3 is 0 Å². The van der Waals surface area contributed by atoms with E-state index >= 15 is 0 Å². The lowest BCUT2D eigenvalue weighted by Gasteiger charge is -2.41. The van der Waals surface area contributed by atoms with E-state index in [0.717, 1.165) is 6.54 Å². The normalized spacial score (nSPS) is 14.0. The molecule has 2 nitrogen and oxygen atoms in total. The Morgan fingerprint density at radius 3 is 2.00 bits per heavy atom. The van der Waals surface area contributed by atoms with Crippen molar-refractivity contribution in [3.8, 4) is 0 Å². The number of aryl methyl sites for hydroxylation is 2. The molecule has 1 unspecified atom stereocenters. The van der Waals surface area contributed by atoms with Crippen LogP contribution >= 0.6 is 0 Å². The van der Waals surface area contributed by atoms with E-state index in [9.17, 15) is 0 Å². The van der Waals surface area contributed by atoms with Crippen molar-refractivity contribution in [1.29, 1.82) is 0 Å². The molecular formula is C16H28N2. The number of likely N-dealkylation sites (N-methyl/N-ethyl adjacent to an activating group) is 2. The zero-order valence-electron chi connectivity index (χ0n) is 13.0. The summed E-state index contributed by atoms with van der Waals surface area (Å²) in [6, 6.07) is 7.17. The summed E-state index contributed by atoms with van der Waals surface area (Å²) >= 11 is 0. The van der Waals surface area contributed by atoms with Gasteiger partial charge in [0.2, 0.25) is 0 Å². The molecule has 0 bridgehead atoms. The van der Waals surface area contributed by atoms with Crippen molar-refractivity contribution in [3.63, 3.8) is 0 Å². The van der Waals surface area contributed by atoms with Crippen molar-refractivity contribution in [2.45, 2.75) is 46.2 Å². The maximum absolute atomic E-state index is 3.63. The highest BCUT2D eigenvalue weighted by atomic mass is 15.2. The molecule has 0 aliphatic heterocycles. The second-order valence-corrected chi connectivity index (χ2v) is 5.96. The molecule has 0 amide bonds. The lowest BCUT2D eigenvalue weighted by atomic mass is 9.86. The van der Waals surface area contributed by atoms with Crippen LogP contribution in [0.1, 0.15) is 43.5 Å². The highest BCUT2D eigenvalue weighted by molar-refractivity contribution is 5.32. The van der Waals surface area contributed by atoms with Crippen LogP contribution in [0, 0.1) is 13.8 Å². The highest BCUT2D eigenvalue weighted by Gasteiger charge is 2.32. The van der Waals surface area contributed by atoms with Gasteiger partial charge < -0.3 is 10.2 Å². The van der Waals surface area contributed by atoms with Gasteiger partial charge in [0, 0.05) is 5.54 Å². The summed E-state index contributed by atoms with van der Waals surface area (Å²) in [4.78, 5) is 2.29. The molecule has 0 fully saturated rings. The quantitative estimate of drug-likeness (QED) is 0.860. The largest absolute Gasteiger partial charge is 0.309 e. The number of benzene rings is 1. The Bertz CT molecular complexity index is 374. The smallest absolute Gasteiger partial charge is 0.0501 e. The van der Waals surface area contributed by atoms with E-state index in [0.29, 0.717) is 6.04 Å². The number of hydrogen-bond donors (Lipinski definition) is 1. The first kappa shape index (κ1) is 15.2. The van der Waals surface area contributed by atoms with Crippen LogP contribution in [0.5, 0.6) is 0 Å². The molecule has 0 saturated heterocycles. The predicted octanol–water partition coefficient (Wildman–Crippen LogP) is 3.29. The molecule has 1 aromatic rings. The zero-order valence-corrected chi connectivity index (χ0v) is 13.0. The molecule has 1 rings (SSSR count). The minimum absolute atomic E-state index is 0.0796. The lowest BCUT2D eigenvalue weighted by Crippen LogP contribution is -2.49. The molecule has 1 atom stereocenters. The maximum Gasteiger partial charge on any atom is 0.0501 e. The Labute approximate surface area is 112 Å². The van der Waals surface area contributed by atoms with Gasteiger partial charge in [0.25, 0.3) is 0 Å². The van der Waals surface area contributed by atoms with Crippen LogP contribution < -0.4 is 5.32 Å². The van der Waals surface area contributed by atoms with Crippen molar-refractivity contribution in [1.82, 2.24) is 10.2 Å². The molecule has 0 aliphatic rings. The van der Waals surface area contributed by atoms with Gasteiger partial charge in [-0.2, -0.15) is 0 Å². The Morgan fingerprint density at radius 2 is 1.61 bits per heavy atom. The van der Waals surface area contributed by atoms with Crippen molar-refractivity contribution in [2.24, 2.45) is 0 Å². The van der Waals surface area contributed by atoms with E-state index < -0.39 is 0 Å². The number of hydrogen-bond acceptors (Lipinski definition) is 2. The summed E-state index contributed by atoms with van der Waals surface area (Å²) in [5, 5.41) is 3.63. The van der Waals surface area contributed by atoms with Crippen molar-refractivity contribution in [3.05, 3.63) is 34.9 Å². The number of nitrogens with zero attached hydrogens (tertiary/aromatic N) is 1. The van der Waals surface area contributed by atoms with Crippen molar-refractivity contribution >= 4 is 0 Å². The second kappa shape index (κ2) is 5.85. The molecule has 2 heteroatoms. The SMILES string of the molecule is CCNC(c1cc(C)cc(C)c1)C(C)(C)N(C)C. The van der Waals surface area contributed by atoms with Gasteiger partial charge in [-0.25, -0.2) is 0 Å². The van der Waals surface area contributed by atoms with Gasteiger partial charge in [0.15, 0.2) is 0 Å². The highest BCUT2D eigenvalue weighted by Crippen LogP contribution is 2.30. The van der Waals surface area contributed by atoms with E-state index in [1.807, 2.05) is 0 Å². The molecule has 1 N–H and O–H groups in total. The van der Waals surface area contributed by atoms with Gasteiger partial charge in [0.05, 0.1) is 6.04 Å². The number of nitrogens with one attached hydrogen (secondary N) is 1. The van der Waals surface area contributed by atoms with Gasteiger partial charge in [-0.3, -0.25) is 0 Å². The van der Waals surface area contributed by atoms with Crippen LogP contribution in [0.25, 0.3) is 0 Å². The van der Waals surface area contributed by atoms with E-state index in [2.05, 4.69) is 77.1 Å². The summed E-state index contributed by atoms with van der Waals surface area (Å²) in [6.07, 6.45) is 0. The topological polar surface area (TPSA) is 15.3 Å². The standard InChI is InChI=1S/C16H28N2/c1-8-17-15(16(4,5)18(6)7)14-10-12(2)9-13(3)11-14/h9-11,15,17H,8H2,1-7H3. The average molecular weight is 248 g/mol. The van der Waals surface area contributed by atoms with E-state index in [-0.39, 0.29) is 5.54 Å². The average Bonchev–Trinajstić information content (AvgIpc) is 2.23. The van der Waals surface area contributed by atoms with Crippen LogP contribution in [0.4, 0.5) is 0 Å². The Morgan fingerprint density at radius 1 is 1.11 bits per heavy atom. The number of rotatable bonds is 5. The summed E-state index contributed by atoms with van der Waals surface area (Å²) in [7, 11) is 4.29. The molecule has 0 heterocycles. The van der Waals surface area contributed by atoms with E-state index in [1.54, 1.807) is 0 Å². The minimum Gasteiger partial charge on any atom is -0.309 e. The fourth-order valence-corrected chi connectivity index (χ4v) is 2.41. The molecule has 18 heavy (non-hydrogen) atoms. The van der Waals surface area contributed by atoms with Crippen molar-refractivity contribution < 1.29 is 0 Å². The molecule has 0 spiro atoms. The molecule has 102 valence electrons. The Kier molecular flexibility index (Phi) is 4.94. The van der Waals surface area contributed by atoms with Gasteiger partial charge in [-0.15, -0.1) is 0 Å². The molecule has 0 radical (unpaired) electrons. The third kappa shape index (κ3) is 3.33. The van der Waals surface area contributed by atoms with Crippen LogP contribution in [0.2, 0.25) is 0 Å². The minimum atomic E-state index is 0.0796. The van der Waals surface area contributed by atoms with Gasteiger partial charge in [-0.1, -0.05) is 36.2 Å². The van der Waals surface area contributed by atoms with Gasteiger partial charge in [0.1, 0.15) is 0 Å². The van der Waals surface area contributed by atoms with Crippen molar-refractivity contribution in [2.75, 3.05) is 20.6 Å². The monoisotopic (exact) mass is 248 g/mol.